The Morgan fingerprint density at radius 2 is 2.00 bits per heavy atom. The van der Waals surface area contributed by atoms with Gasteiger partial charge < -0.3 is 20.1 Å². The summed E-state index contributed by atoms with van der Waals surface area (Å²) < 4.78 is 5.03. The first-order chi connectivity index (χ1) is 8.93. The number of ether oxygens (including phenoxy) is 1. The van der Waals surface area contributed by atoms with Crippen molar-refractivity contribution >= 4 is 12.0 Å². The third-order valence-electron chi connectivity index (χ3n) is 3.05. The number of carboxylic acid groups (broad SMARTS) is 1. The lowest BCUT2D eigenvalue weighted by Crippen LogP contribution is -2.46. The highest BCUT2D eigenvalue weighted by atomic mass is 16.5. The highest BCUT2D eigenvalue weighted by Crippen LogP contribution is 2.05. The van der Waals surface area contributed by atoms with Crippen LogP contribution in [-0.2, 0) is 9.53 Å². The molecule has 0 aliphatic carbocycles. The Morgan fingerprint density at radius 3 is 2.47 bits per heavy atom. The second-order valence-corrected chi connectivity index (χ2v) is 4.70. The fourth-order valence-corrected chi connectivity index (χ4v) is 1.82. The Hall–Kier alpha value is -1.30. The van der Waals surface area contributed by atoms with Gasteiger partial charge in [0.15, 0.2) is 0 Å². The standard InChI is InChI=1S/C13H26N2O4/c1-5-15(11(3)9-19-4)13(18)14-8-6-7-10(2)12(16)17/h10-11H,5-9H2,1-4H3,(H,14,18)(H,16,17). The number of amides is 2. The number of carboxylic acids is 1. The Morgan fingerprint density at radius 1 is 1.37 bits per heavy atom. The van der Waals surface area contributed by atoms with E-state index in [4.69, 9.17) is 9.84 Å². The Labute approximate surface area is 115 Å². The van der Waals surface area contributed by atoms with Crippen LogP contribution in [0.4, 0.5) is 4.79 Å². The topological polar surface area (TPSA) is 78.9 Å². The molecule has 0 fully saturated rings. The minimum atomic E-state index is -0.796. The van der Waals surface area contributed by atoms with Crippen molar-refractivity contribution in [1.82, 2.24) is 10.2 Å². The van der Waals surface area contributed by atoms with Gasteiger partial charge in [-0.1, -0.05) is 6.92 Å². The zero-order valence-electron chi connectivity index (χ0n) is 12.3. The van der Waals surface area contributed by atoms with Crippen molar-refractivity contribution in [2.75, 3.05) is 26.8 Å². The van der Waals surface area contributed by atoms with Gasteiger partial charge in [-0.25, -0.2) is 4.79 Å². The molecule has 0 aliphatic rings. The number of carbonyl (C=O) groups is 2. The zero-order chi connectivity index (χ0) is 14.8. The molecule has 0 aromatic heterocycles. The molecule has 0 heterocycles. The average molecular weight is 274 g/mol. The number of nitrogens with one attached hydrogen (secondary N) is 1. The third-order valence-corrected chi connectivity index (χ3v) is 3.05. The van der Waals surface area contributed by atoms with Gasteiger partial charge in [-0.15, -0.1) is 0 Å². The summed E-state index contributed by atoms with van der Waals surface area (Å²) >= 11 is 0. The quantitative estimate of drug-likeness (QED) is 0.625. The first-order valence-corrected chi connectivity index (χ1v) is 6.70. The van der Waals surface area contributed by atoms with Crippen molar-refractivity contribution in [2.45, 2.75) is 39.7 Å². The lowest BCUT2D eigenvalue weighted by atomic mass is 10.1. The maximum Gasteiger partial charge on any atom is 0.317 e. The van der Waals surface area contributed by atoms with Crippen LogP contribution in [0.2, 0.25) is 0 Å². The summed E-state index contributed by atoms with van der Waals surface area (Å²) in [5, 5.41) is 11.5. The van der Waals surface area contributed by atoms with Gasteiger partial charge in [-0.2, -0.15) is 0 Å². The van der Waals surface area contributed by atoms with E-state index in [1.54, 1.807) is 18.9 Å². The predicted molar refractivity (Wildman–Crippen MR) is 73.2 cm³/mol. The number of hydrogen-bond acceptors (Lipinski definition) is 3. The van der Waals surface area contributed by atoms with E-state index in [1.807, 2.05) is 13.8 Å². The maximum absolute atomic E-state index is 11.9. The van der Waals surface area contributed by atoms with Gasteiger partial charge in [0.05, 0.1) is 18.6 Å². The summed E-state index contributed by atoms with van der Waals surface area (Å²) in [6.45, 7) is 7.12. The van der Waals surface area contributed by atoms with Gasteiger partial charge in [0.25, 0.3) is 0 Å². The number of likely N-dealkylation sites (N-methyl/N-ethyl adjacent to an activating group) is 1. The normalized spacial score (nSPS) is 13.7. The van der Waals surface area contributed by atoms with Crippen LogP contribution >= 0.6 is 0 Å². The second kappa shape index (κ2) is 9.61. The molecule has 19 heavy (non-hydrogen) atoms. The molecule has 6 nitrogen and oxygen atoms in total. The van der Waals surface area contributed by atoms with Crippen LogP contribution in [0.1, 0.15) is 33.6 Å². The Bertz CT molecular complexity index is 284. The van der Waals surface area contributed by atoms with Gasteiger partial charge >= 0.3 is 12.0 Å². The average Bonchev–Trinajstić information content (AvgIpc) is 2.35. The van der Waals surface area contributed by atoms with Crippen molar-refractivity contribution in [3.05, 3.63) is 0 Å². The van der Waals surface area contributed by atoms with Gasteiger partial charge in [0.2, 0.25) is 0 Å². The lowest BCUT2D eigenvalue weighted by molar-refractivity contribution is -0.141. The number of nitrogens with zero attached hydrogens (tertiary/aromatic N) is 1. The number of urea groups is 1. The number of aliphatic carboxylic acids is 1. The van der Waals surface area contributed by atoms with Crippen LogP contribution in [0.15, 0.2) is 0 Å². The summed E-state index contributed by atoms with van der Waals surface area (Å²) in [4.78, 5) is 24.2. The Kier molecular flexibility index (Phi) is 8.95. The summed E-state index contributed by atoms with van der Waals surface area (Å²) in [6, 6.07) is -0.108. The number of rotatable bonds is 9. The van der Waals surface area contributed by atoms with Gasteiger partial charge in [0.1, 0.15) is 0 Å². The lowest BCUT2D eigenvalue weighted by Gasteiger charge is -2.27. The predicted octanol–water partition coefficient (Wildman–Crippen LogP) is 1.55. The van der Waals surface area contributed by atoms with Crippen LogP contribution in [-0.4, -0.2) is 54.9 Å². The van der Waals surface area contributed by atoms with E-state index >= 15 is 0 Å². The fourth-order valence-electron chi connectivity index (χ4n) is 1.82. The van der Waals surface area contributed by atoms with E-state index in [1.165, 1.54) is 0 Å². The minimum absolute atomic E-state index is 0.0212. The Balaban J connectivity index is 3.98. The van der Waals surface area contributed by atoms with Crippen LogP contribution in [0.25, 0.3) is 0 Å². The summed E-state index contributed by atoms with van der Waals surface area (Å²) in [5.74, 6) is -1.16. The summed E-state index contributed by atoms with van der Waals surface area (Å²) in [6.07, 6.45) is 1.23. The minimum Gasteiger partial charge on any atom is -0.481 e. The van der Waals surface area contributed by atoms with Crippen molar-refractivity contribution in [3.8, 4) is 0 Å². The molecule has 0 rings (SSSR count). The number of hydrogen-bond donors (Lipinski definition) is 2. The second-order valence-electron chi connectivity index (χ2n) is 4.70. The SMILES string of the molecule is CCN(C(=O)NCCCC(C)C(=O)O)C(C)COC. The zero-order valence-corrected chi connectivity index (χ0v) is 12.3. The molecular weight excluding hydrogens is 248 g/mol. The van der Waals surface area contributed by atoms with Gasteiger partial charge in [-0.3, -0.25) is 4.79 Å². The largest absolute Gasteiger partial charge is 0.481 e. The van der Waals surface area contributed by atoms with E-state index < -0.39 is 5.97 Å². The van der Waals surface area contributed by atoms with Crippen LogP contribution in [0.5, 0.6) is 0 Å². The van der Waals surface area contributed by atoms with Crippen LogP contribution in [0, 0.1) is 5.92 Å². The summed E-state index contributed by atoms with van der Waals surface area (Å²) in [5.41, 5.74) is 0. The van der Waals surface area contributed by atoms with Crippen LogP contribution < -0.4 is 5.32 Å². The molecule has 0 saturated heterocycles. The number of carbonyl (C=O) groups excluding carboxylic acids is 1. The smallest absolute Gasteiger partial charge is 0.317 e. The molecule has 2 unspecified atom stereocenters. The van der Waals surface area contributed by atoms with E-state index in [9.17, 15) is 9.59 Å². The molecule has 0 aliphatic heterocycles. The molecular formula is C13H26N2O4. The molecule has 0 spiro atoms. The van der Waals surface area contributed by atoms with Gasteiger partial charge in [-0.05, 0) is 26.7 Å². The monoisotopic (exact) mass is 274 g/mol. The van der Waals surface area contributed by atoms with Crippen molar-refractivity contribution in [2.24, 2.45) is 5.92 Å². The van der Waals surface area contributed by atoms with E-state index in [0.717, 1.165) is 0 Å². The number of methoxy groups -OCH3 is 1. The van der Waals surface area contributed by atoms with E-state index in [-0.39, 0.29) is 18.0 Å². The van der Waals surface area contributed by atoms with E-state index in [0.29, 0.717) is 32.5 Å². The molecule has 2 amide bonds. The molecule has 0 aromatic carbocycles. The maximum atomic E-state index is 11.9. The molecule has 0 bridgehead atoms. The summed E-state index contributed by atoms with van der Waals surface area (Å²) in [7, 11) is 1.61. The molecule has 0 aromatic rings. The fraction of sp³-hybridized carbons (Fsp3) is 0.846. The first-order valence-electron chi connectivity index (χ1n) is 6.70. The highest BCUT2D eigenvalue weighted by molar-refractivity contribution is 5.74. The van der Waals surface area contributed by atoms with Crippen molar-refractivity contribution in [3.63, 3.8) is 0 Å². The molecule has 112 valence electrons. The first kappa shape index (κ1) is 17.7. The molecule has 6 heteroatoms. The van der Waals surface area contributed by atoms with E-state index in [2.05, 4.69) is 5.32 Å². The highest BCUT2D eigenvalue weighted by Gasteiger charge is 2.18. The molecule has 0 radical (unpaired) electrons. The van der Waals surface area contributed by atoms with Crippen molar-refractivity contribution in [1.29, 1.82) is 0 Å². The van der Waals surface area contributed by atoms with Gasteiger partial charge in [0, 0.05) is 20.2 Å². The van der Waals surface area contributed by atoms with Crippen LogP contribution in [0.3, 0.4) is 0 Å². The van der Waals surface area contributed by atoms with Crippen molar-refractivity contribution < 1.29 is 19.4 Å². The molecule has 0 saturated carbocycles. The third kappa shape index (κ3) is 7.00. The molecule has 2 atom stereocenters. The molecule has 2 N–H and O–H groups in total.